The Morgan fingerprint density at radius 2 is 1.73 bits per heavy atom. The van der Waals surface area contributed by atoms with Crippen LogP contribution in [0.25, 0.3) is 0 Å². The van der Waals surface area contributed by atoms with Gasteiger partial charge in [0, 0.05) is 30.3 Å². The van der Waals surface area contributed by atoms with Gasteiger partial charge in [0.15, 0.2) is 11.5 Å². The van der Waals surface area contributed by atoms with Crippen LogP contribution in [0.3, 0.4) is 0 Å². The van der Waals surface area contributed by atoms with E-state index in [9.17, 15) is 4.79 Å². The number of fused-ring (bicyclic) bond motifs is 1. The molecule has 0 bridgehead atoms. The van der Waals surface area contributed by atoms with Gasteiger partial charge in [0.1, 0.15) is 0 Å². The van der Waals surface area contributed by atoms with Crippen LogP contribution in [0.1, 0.15) is 31.2 Å². The van der Waals surface area contributed by atoms with Crippen molar-refractivity contribution >= 4 is 17.3 Å². The van der Waals surface area contributed by atoms with Gasteiger partial charge in [-0.3, -0.25) is 4.79 Å². The van der Waals surface area contributed by atoms with Crippen LogP contribution in [0.15, 0.2) is 42.5 Å². The fourth-order valence-electron chi connectivity index (χ4n) is 3.34. The molecule has 2 aromatic rings. The standard InChI is InChI=1S/C20H19N3O3/c21-12-14-3-5-15(6-4-14)22-13-19(24)23-16-7-8-17-18(11-16)26-20(25-17)9-1-2-10-20/h3-8,11,22H,1-2,9-10,13H2,(H,23,24). The topological polar surface area (TPSA) is 83.4 Å². The average Bonchev–Trinajstić information content (AvgIpc) is 3.26. The Bertz CT molecular complexity index is 865. The molecule has 1 saturated carbocycles. The van der Waals surface area contributed by atoms with E-state index in [-0.39, 0.29) is 12.5 Å². The van der Waals surface area contributed by atoms with Crippen molar-refractivity contribution in [1.82, 2.24) is 0 Å². The maximum absolute atomic E-state index is 12.2. The number of nitriles is 1. The van der Waals surface area contributed by atoms with Gasteiger partial charge in [0.05, 0.1) is 18.2 Å². The molecule has 1 aliphatic carbocycles. The van der Waals surface area contributed by atoms with E-state index in [1.807, 2.05) is 18.2 Å². The summed E-state index contributed by atoms with van der Waals surface area (Å²) in [5, 5.41) is 14.7. The zero-order chi connectivity index (χ0) is 18.0. The number of rotatable bonds is 4. The van der Waals surface area contributed by atoms with Crippen LogP contribution < -0.4 is 20.1 Å². The van der Waals surface area contributed by atoms with Crippen LogP contribution in [0.2, 0.25) is 0 Å². The van der Waals surface area contributed by atoms with Crippen molar-refractivity contribution in [2.75, 3.05) is 17.2 Å². The molecule has 0 unspecified atom stereocenters. The molecule has 2 aliphatic rings. The highest BCUT2D eigenvalue weighted by Gasteiger charge is 2.44. The molecule has 0 atom stereocenters. The van der Waals surface area contributed by atoms with Gasteiger partial charge >= 0.3 is 0 Å². The van der Waals surface area contributed by atoms with Crippen LogP contribution in [0.5, 0.6) is 11.5 Å². The summed E-state index contributed by atoms with van der Waals surface area (Å²) in [5.74, 6) is 0.761. The van der Waals surface area contributed by atoms with Crippen molar-refractivity contribution in [3.63, 3.8) is 0 Å². The summed E-state index contributed by atoms with van der Waals surface area (Å²) in [6, 6.07) is 14.5. The Labute approximate surface area is 151 Å². The van der Waals surface area contributed by atoms with Crippen LogP contribution in [-0.4, -0.2) is 18.2 Å². The maximum Gasteiger partial charge on any atom is 0.251 e. The molecular formula is C20H19N3O3. The number of carbonyl (C=O) groups excluding carboxylic acids is 1. The maximum atomic E-state index is 12.2. The highest BCUT2D eigenvalue weighted by atomic mass is 16.7. The molecule has 6 nitrogen and oxygen atoms in total. The van der Waals surface area contributed by atoms with Crippen molar-refractivity contribution in [2.45, 2.75) is 31.5 Å². The average molecular weight is 349 g/mol. The minimum atomic E-state index is -0.498. The molecule has 26 heavy (non-hydrogen) atoms. The zero-order valence-corrected chi connectivity index (χ0v) is 14.2. The van der Waals surface area contributed by atoms with Crippen LogP contribution in [0.4, 0.5) is 11.4 Å². The van der Waals surface area contributed by atoms with Gasteiger partial charge < -0.3 is 20.1 Å². The largest absolute Gasteiger partial charge is 0.448 e. The lowest BCUT2D eigenvalue weighted by Crippen LogP contribution is -2.34. The molecule has 0 aromatic heterocycles. The first-order valence-corrected chi connectivity index (χ1v) is 8.72. The third-order valence-corrected chi connectivity index (χ3v) is 4.65. The smallest absolute Gasteiger partial charge is 0.251 e. The molecule has 1 fully saturated rings. The molecular weight excluding hydrogens is 330 g/mol. The number of benzene rings is 2. The second kappa shape index (κ2) is 6.60. The Balaban J connectivity index is 1.34. The molecule has 1 amide bonds. The molecule has 0 radical (unpaired) electrons. The van der Waals surface area contributed by atoms with E-state index in [0.717, 1.165) is 37.1 Å². The number of ether oxygens (including phenoxy) is 2. The molecule has 2 aromatic carbocycles. The van der Waals surface area contributed by atoms with E-state index < -0.39 is 5.79 Å². The molecule has 1 aliphatic heterocycles. The molecule has 6 heteroatoms. The van der Waals surface area contributed by atoms with Gasteiger partial charge in [-0.25, -0.2) is 0 Å². The minimum Gasteiger partial charge on any atom is -0.448 e. The fraction of sp³-hybridized carbons (Fsp3) is 0.300. The van der Waals surface area contributed by atoms with Gasteiger partial charge in [-0.15, -0.1) is 0 Å². The summed E-state index contributed by atoms with van der Waals surface area (Å²) >= 11 is 0. The molecule has 1 heterocycles. The van der Waals surface area contributed by atoms with Gasteiger partial charge in [0.2, 0.25) is 5.91 Å². The van der Waals surface area contributed by atoms with Gasteiger partial charge in [-0.2, -0.15) is 5.26 Å². The number of amides is 1. The lowest BCUT2D eigenvalue weighted by molar-refractivity contribution is -0.114. The van der Waals surface area contributed by atoms with E-state index in [1.165, 1.54) is 0 Å². The highest BCUT2D eigenvalue weighted by Crippen LogP contribution is 2.47. The fourth-order valence-corrected chi connectivity index (χ4v) is 3.34. The summed E-state index contributed by atoms with van der Waals surface area (Å²) in [6.45, 7) is 0.129. The van der Waals surface area contributed by atoms with Gasteiger partial charge in [-0.1, -0.05) is 0 Å². The first-order chi connectivity index (χ1) is 12.7. The van der Waals surface area contributed by atoms with Crippen molar-refractivity contribution in [3.05, 3.63) is 48.0 Å². The lowest BCUT2D eigenvalue weighted by atomic mass is 10.2. The Morgan fingerprint density at radius 3 is 2.46 bits per heavy atom. The molecule has 2 N–H and O–H groups in total. The Kier molecular flexibility index (Phi) is 4.13. The van der Waals surface area contributed by atoms with Gasteiger partial charge in [-0.05, 0) is 49.2 Å². The number of hydrogen-bond donors (Lipinski definition) is 2. The van der Waals surface area contributed by atoms with E-state index >= 15 is 0 Å². The lowest BCUT2D eigenvalue weighted by Gasteiger charge is -2.21. The van der Waals surface area contributed by atoms with E-state index in [4.69, 9.17) is 14.7 Å². The van der Waals surface area contributed by atoms with Crippen molar-refractivity contribution in [2.24, 2.45) is 0 Å². The predicted molar refractivity (Wildman–Crippen MR) is 97.2 cm³/mol. The normalized spacial score (nSPS) is 16.3. The Morgan fingerprint density at radius 1 is 1.04 bits per heavy atom. The third kappa shape index (κ3) is 3.29. The Hall–Kier alpha value is -3.20. The van der Waals surface area contributed by atoms with Crippen LogP contribution >= 0.6 is 0 Å². The summed E-state index contributed by atoms with van der Waals surface area (Å²) in [5.41, 5.74) is 2.04. The van der Waals surface area contributed by atoms with Crippen molar-refractivity contribution in [1.29, 1.82) is 5.26 Å². The number of nitrogens with zero attached hydrogens (tertiary/aromatic N) is 1. The van der Waals surface area contributed by atoms with E-state index in [0.29, 0.717) is 17.0 Å². The predicted octanol–water partition coefficient (Wildman–Crippen LogP) is 3.65. The number of anilines is 2. The second-order valence-corrected chi connectivity index (χ2v) is 6.57. The van der Waals surface area contributed by atoms with E-state index in [1.54, 1.807) is 24.3 Å². The summed E-state index contributed by atoms with van der Waals surface area (Å²) in [4.78, 5) is 12.2. The minimum absolute atomic E-state index is 0.129. The SMILES string of the molecule is N#Cc1ccc(NCC(=O)Nc2ccc3c(c2)OC2(CCCC2)O3)cc1. The molecule has 4 rings (SSSR count). The number of nitrogens with one attached hydrogen (secondary N) is 2. The third-order valence-electron chi connectivity index (χ3n) is 4.65. The monoisotopic (exact) mass is 349 g/mol. The number of hydrogen-bond acceptors (Lipinski definition) is 5. The molecule has 132 valence electrons. The van der Waals surface area contributed by atoms with Crippen molar-refractivity contribution in [3.8, 4) is 17.6 Å². The summed E-state index contributed by atoms with van der Waals surface area (Å²) in [7, 11) is 0. The van der Waals surface area contributed by atoms with Crippen LogP contribution in [-0.2, 0) is 4.79 Å². The molecule has 0 saturated heterocycles. The summed E-state index contributed by atoms with van der Waals surface area (Å²) in [6.07, 6.45) is 4.02. The van der Waals surface area contributed by atoms with Crippen molar-refractivity contribution < 1.29 is 14.3 Å². The van der Waals surface area contributed by atoms with Gasteiger partial charge in [0.25, 0.3) is 5.79 Å². The van der Waals surface area contributed by atoms with Crippen LogP contribution in [0, 0.1) is 11.3 Å². The zero-order valence-electron chi connectivity index (χ0n) is 14.2. The highest BCUT2D eigenvalue weighted by molar-refractivity contribution is 5.94. The summed E-state index contributed by atoms with van der Waals surface area (Å²) < 4.78 is 12.0. The quantitative estimate of drug-likeness (QED) is 0.880. The second-order valence-electron chi connectivity index (χ2n) is 6.57. The first-order valence-electron chi connectivity index (χ1n) is 8.72. The molecule has 1 spiro atoms. The first kappa shape index (κ1) is 16.3. The van der Waals surface area contributed by atoms with E-state index in [2.05, 4.69) is 16.7 Å². The number of carbonyl (C=O) groups is 1.